The van der Waals surface area contributed by atoms with Gasteiger partial charge in [-0.1, -0.05) is 6.92 Å². The molecule has 18 heavy (non-hydrogen) atoms. The summed E-state index contributed by atoms with van der Waals surface area (Å²) in [5.74, 6) is -0.824. The third kappa shape index (κ3) is 2.37. The van der Waals surface area contributed by atoms with Gasteiger partial charge in [0.25, 0.3) is 5.91 Å². The van der Waals surface area contributed by atoms with E-state index in [9.17, 15) is 14.7 Å². The zero-order chi connectivity index (χ0) is 13.2. The molecule has 0 spiro atoms. The quantitative estimate of drug-likeness (QED) is 0.751. The maximum Gasteiger partial charge on any atom is 0.329 e. The summed E-state index contributed by atoms with van der Waals surface area (Å²) in [6, 6.07) is 0. The van der Waals surface area contributed by atoms with Crippen molar-refractivity contribution >= 4 is 11.9 Å². The van der Waals surface area contributed by atoms with Gasteiger partial charge in [-0.3, -0.25) is 9.89 Å². The van der Waals surface area contributed by atoms with Gasteiger partial charge in [0.2, 0.25) is 0 Å². The third-order valence-corrected chi connectivity index (χ3v) is 3.65. The maximum absolute atomic E-state index is 11.9. The van der Waals surface area contributed by atoms with Gasteiger partial charge in [0.1, 0.15) is 5.54 Å². The first kappa shape index (κ1) is 12.6. The molecule has 1 aromatic rings. The molecule has 3 N–H and O–H groups in total. The lowest BCUT2D eigenvalue weighted by molar-refractivity contribution is -0.146. The van der Waals surface area contributed by atoms with E-state index >= 15 is 0 Å². The van der Waals surface area contributed by atoms with Crippen LogP contribution in [0.2, 0.25) is 0 Å². The van der Waals surface area contributed by atoms with Gasteiger partial charge in [0, 0.05) is 6.20 Å². The van der Waals surface area contributed by atoms with E-state index in [1.807, 2.05) is 0 Å². The number of hydrogen-bond donors (Lipinski definition) is 3. The van der Waals surface area contributed by atoms with Crippen molar-refractivity contribution < 1.29 is 14.7 Å². The lowest BCUT2D eigenvalue weighted by Crippen LogP contribution is -2.56. The molecule has 0 aliphatic heterocycles. The summed E-state index contributed by atoms with van der Waals surface area (Å²) in [5, 5.41) is 18.3. The molecule has 1 saturated carbocycles. The molecule has 1 aromatic heterocycles. The van der Waals surface area contributed by atoms with Crippen molar-refractivity contribution in [2.75, 3.05) is 0 Å². The Balaban J connectivity index is 2.12. The van der Waals surface area contributed by atoms with E-state index in [2.05, 4.69) is 22.4 Å². The van der Waals surface area contributed by atoms with Crippen LogP contribution in [0.4, 0.5) is 0 Å². The lowest BCUT2D eigenvalue weighted by Gasteiger charge is -2.36. The molecule has 0 saturated heterocycles. The minimum atomic E-state index is -1.12. The predicted molar refractivity (Wildman–Crippen MR) is 64.1 cm³/mol. The zero-order valence-corrected chi connectivity index (χ0v) is 10.3. The van der Waals surface area contributed by atoms with Crippen molar-refractivity contribution in [2.24, 2.45) is 5.92 Å². The highest BCUT2D eigenvalue weighted by molar-refractivity contribution is 5.97. The van der Waals surface area contributed by atoms with Gasteiger partial charge in [-0.2, -0.15) is 5.10 Å². The number of carboxylic acid groups (broad SMARTS) is 1. The van der Waals surface area contributed by atoms with Crippen LogP contribution in [0.5, 0.6) is 0 Å². The van der Waals surface area contributed by atoms with Crippen LogP contribution in [0.15, 0.2) is 12.4 Å². The normalized spacial score (nSPS) is 27.7. The van der Waals surface area contributed by atoms with Crippen molar-refractivity contribution in [1.82, 2.24) is 15.5 Å². The summed E-state index contributed by atoms with van der Waals surface area (Å²) < 4.78 is 0. The van der Waals surface area contributed by atoms with E-state index < -0.39 is 11.5 Å². The number of H-pyrrole nitrogens is 1. The minimum Gasteiger partial charge on any atom is -0.480 e. The minimum absolute atomic E-state index is 0.356. The number of aromatic amines is 1. The van der Waals surface area contributed by atoms with E-state index in [1.165, 1.54) is 12.4 Å². The van der Waals surface area contributed by atoms with Crippen LogP contribution in [0, 0.1) is 5.92 Å². The molecule has 0 atom stereocenters. The second kappa shape index (κ2) is 4.80. The first-order valence-corrected chi connectivity index (χ1v) is 6.08. The number of carbonyl (C=O) groups excluding carboxylic acids is 1. The van der Waals surface area contributed by atoms with Crippen molar-refractivity contribution in [3.63, 3.8) is 0 Å². The highest BCUT2D eigenvalue weighted by atomic mass is 16.4. The second-order valence-electron chi connectivity index (χ2n) is 5.01. The smallest absolute Gasteiger partial charge is 0.329 e. The van der Waals surface area contributed by atoms with Gasteiger partial charge in [-0.25, -0.2) is 4.79 Å². The number of rotatable bonds is 3. The van der Waals surface area contributed by atoms with Gasteiger partial charge >= 0.3 is 5.97 Å². The molecular weight excluding hydrogens is 234 g/mol. The van der Waals surface area contributed by atoms with Gasteiger partial charge in [-0.15, -0.1) is 0 Å². The van der Waals surface area contributed by atoms with Crippen LogP contribution >= 0.6 is 0 Å². The van der Waals surface area contributed by atoms with Crippen LogP contribution in [-0.2, 0) is 4.79 Å². The topological polar surface area (TPSA) is 95.1 Å². The molecule has 0 radical (unpaired) electrons. The van der Waals surface area contributed by atoms with E-state index in [-0.39, 0.29) is 5.91 Å². The number of aliphatic carboxylic acids is 1. The summed E-state index contributed by atoms with van der Waals surface area (Å²) in [6.07, 6.45) is 5.43. The Bertz CT molecular complexity index is 433. The van der Waals surface area contributed by atoms with E-state index in [1.54, 1.807) is 0 Å². The summed E-state index contributed by atoms with van der Waals surface area (Å²) >= 11 is 0. The van der Waals surface area contributed by atoms with Crippen molar-refractivity contribution in [1.29, 1.82) is 0 Å². The number of amides is 1. The molecule has 2 rings (SSSR count). The van der Waals surface area contributed by atoms with Gasteiger partial charge in [-0.05, 0) is 31.6 Å². The Morgan fingerprint density at radius 3 is 2.67 bits per heavy atom. The largest absolute Gasteiger partial charge is 0.480 e. The van der Waals surface area contributed by atoms with Crippen LogP contribution < -0.4 is 5.32 Å². The molecular formula is C12H17N3O3. The molecule has 6 nitrogen and oxygen atoms in total. The number of aromatic nitrogens is 2. The fourth-order valence-electron chi connectivity index (χ4n) is 2.31. The van der Waals surface area contributed by atoms with Crippen molar-refractivity contribution in [2.45, 2.75) is 38.1 Å². The summed E-state index contributed by atoms with van der Waals surface area (Å²) in [5.41, 5.74) is -0.768. The van der Waals surface area contributed by atoms with E-state index in [4.69, 9.17) is 0 Å². The molecule has 1 fully saturated rings. The number of hydrogen-bond acceptors (Lipinski definition) is 3. The monoisotopic (exact) mass is 251 g/mol. The molecule has 6 heteroatoms. The summed E-state index contributed by atoms with van der Waals surface area (Å²) in [7, 11) is 0. The standard InChI is InChI=1S/C12H17N3O3/c1-8-2-4-12(5-3-8,11(17)18)15-10(16)9-6-13-14-7-9/h6-8H,2-5H2,1H3,(H,13,14)(H,15,16)(H,17,18). The van der Waals surface area contributed by atoms with Crippen LogP contribution in [0.3, 0.4) is 0 Å². The second-order valence-corrected chi connectivity index (χ2v) is 5.01. The van der Waals surface area contributed by atoms with Crippen LogP contribution in [0.1, 0.15) is 43.0 Å². The molecule has 0 aromatic carbocycles. The maximum atomic E-state index is 11.9. The SMILES string of the molecule is CC1CCC(NC(=O)c2cn[nH]c2)(C(=O)O)CC1. The third-order valence-electron chi connectivity index (χ3n) is 3.65. The number of nitrogens with zero attached hydrogens (tertiary/aromatic N) is 1. The fourth-order valence-corrected chi connectivity index (χ4v) is 2.31. The highest BCUT2D eigenvalue weighted by Crippen LogP contribution is 2.32. The first-order chi connectivity index (χ1) is 8.53. The lowest BCUT2D eigenvalue weighted by atomic mass is 9.77. The van der Waals surface area contributed by atoms with Crippen molar-refractivity contribution in [3.8, 4) is 0 Å². The van der Waals surface area contributed by atoms with E-state index in [0.717, 1.165) is 12.8 Å². The Hall–Kier alpha value is -1.85. The molecule has 98 valence electrons. The molecule has 1 amide bonds. The van der Waals surface area contributed by atoms with Crippen LogP contribution in [0.25, 0.3) is 0 Å². The average molecular weight is 251 g/mol. The molecule has 0 bridgehead atoms. The Morgan fingerprint density at radius 1 is 1.50 bits per heavy atom. The number of carbonyl (C=O) groups is 2. The molecule has 1 aliphatic rings. The predicted octanol–water partition coefficient (Wildman–Crippen LogP) is 1.17. The average Bonchev–Trinajstić information content (AvgIpc) is 2.85. The summed E-state index contributed by atoms with van der Waals surface area (Å²) in [6.45, 7) is 2.10. The van der Waals surface area contributed by atoms with Crippen molar-refractivity contribution in [3.05, 3.63) is 18.0 Å². The van der Waals surface area contributed by atoms with E-state index in [0.29, 0.717) is 24.3 Å². The molecule has 1 heterocycles. The fraction of sp³-hybridized carbons (Fsp3) is 0.583. The van der Waals surface area contributed by atoms with Gasteiger partial charge in [0.15, 0.2) is 0 Å². The summed E-state index contributed by atoms with van der Waals surface area (Å²) in [4.78, 5) is 23.4. The zero-order valence-electron chi connectivity index (χ0n) is 10.3. The van der Waals surface area contributed by atoms with Crippen LogP contribution in [-0.4, -0.2) is 32.7 Å². The molecule has 1 aliphatic carbocycles. The Kier molecular flexibility index (Phi) is 3.36. The highest BCUT2D eigenvalue weighted by Gasteiger charge is 2.42. The van der Waals surface area contributed by atoms with Gasteiger partial charge in [0.05, 0.1) is 11.8 Å². The first-order valence-electron chi connectivity index (χ1n) is 6.08. The number of nitrogens with one attached hydrogen (secondary N) is 2. The number of carboxylic acids is 1. The Labute approximate surface area is 105 Å². The van der Waals surface area contributed by atoms with Gasteiger partial charge < -0.3 is 10.4 Å². The molecule has 0 unspecified atom stereocenters. The Morgan fingerprint density at radius 2 is 2.17 bits per heavy atom.